The second-order valence-corrected chi connectivity index (χ2v) is 8.23. The normalized spacial score (nSPS) is 17.9. The van der Waals surface area contributed by atoms with Gasteiger partial charge >= 0.3 is 0 Å². The van der Waals surface area contributed by atoms with Crippen LogP contribution in [0.15, 0.2) is 41.6 Å². The number of nitrogens with one attached hydrogen (secondary N) is 1. The number of nitrogens with zero attached hydrogens (tertiary/aromatic N) is 3. The Balaban J connectivity index is 0.00000261. The highest BCUT2D eigenvalue weighted by Crippen LogP contribution is 2.34. The van der Waals surface area contributed by atoms with Gasteiger partial charge in [0.1, 0.15) is 0 Å². The zero-order valence-electron chi connectivity index (χ0n) is 14.3. The Morgan fingerprint density at radius 3 is 2.78 bits per heavy atom. The van der Waals surface area contributed by atoms with Crippen molar-refractivity contribution in [3.05, 3.63) is 62.9 Å². The van der Waals surface area contributed by atoms with Crippen LogP contribution in [0.1, 0.15) is 17.2 Å². The molecule has 1 unspecified atom stereocenters. The Bertz CT molecular complexity index is 941. The predicted octanol–water partition coefficient (Wildman–Crippen LogP) is 2.71. The monoisotopic (exact) mass is 432 g/mol. The number of hydrogen-bond acceptors (Lipinski definition) is 6. The van der Waals surface area contributed by atoms with Gasteiger partial charge in [0.2, 0.25) is 10.0 Å². The Labute approximate surface area is 168 Å². The summed E-state index contributed by atoms with van der Waals surface area (Å²) in [6.07, 6.45) is 3.23. The fraction of sp³-hybridized carbons (Fsp3) is 0.312. The van der Waals surface area contributed by atoms with Gasteiger partial charge in [-0.2, -0.15) is 4.31 Å². The van der Waals surface area contributed by atoms with Crippen LogP contribution in [0.3, 0.4) is 0 Å². The molecule has 0 aliphatic carbocycles. The van der Waals surface area contributed by atoms with E-state index < -0.39 is 21.0 Å². The lowest BCUT2D eigenvalue weighted by molar-refractivity contribution is -0.385. The number of rotatable bonds is 4. The van der Waals surface area contributed by atoms with E-state index in [2.05, 4.69) is 10.3 Å². The van der Waals surface area contributed by atoms with Crippen LogP contribution in [-0.4, -0.2) is 42.3 Å². The van der Waals surface area contributed by atoms with E-state index in [1.165, 1.54) is 17.3 Å². The molecule has 27 heavy (non-hydrogen) atoms. The quantitative estimate of drug-likeness (QED) is 0.587. The van der Waals surface area contributed by atoms with E-state index in [1.54, 1.807) is 24.5 Å². The summed E-state index contributed by atoms with van der Waals surface area (Å²) < 4.78 is 27.8. The molecule has 1 N–H and O–H groups in total. The zero-order chi connectivity index (χ0) is 18.9. The molecule has 0 bridgehead atoms. The lowest BCUT2D eigenvalue weighted by atomic mass is 10.1. The second-order valence-electron chi connectivity index (χ2n) is 5.93. The molecule has 0 radical (unpaired) electrons. The summed E-state index contributed by atoms with van der Waals surface area (Å²) in [4.78, 5) is 14.5. The smallest absolute Gasteiger partial charge is 0.275 e. The minimum Gasteiger partial charge on any atom is -0.313 e. The van der Waals surface area contributed by atoms with Gasteiger partial charge in [-0.15, -0.1) is 12.4 Å². The molecule has 0 saturated carbocycles. The molecule has 146 valence electrons. The minimum absolute atomic E-state index is 0. The van der Waals surface area contributed by atoms with E-state index in [-0.39, 0.29) is 40.1 Å². The Kier molecular flexibility index (Phi) is 6.77. The molecule has 3 rings (SSSR count). The Hall–Kier alpha value is -1.78. The number of aromatic nitrogens is 1. The van der Waals surface area contributed by atoms with Crippen molar-refractivity contribution in [1.29, 1.82) is 0 Å². The van der Waals surface area contributed by atoms with E-state index in [0.717, 1.165) is 11.6 Å². The van der Waals surface area contributed by atoms with Gasteiger partial charge in [0.15, 0.2) is 0 Å². The molecule has 1 aromatic heterocycles. The highest BCUT2D eigenvalue weighted by Gasteiger charge is 2.36. The lowest BCUT2D eigenvalue weighted by Crippen LogP contribution is -2.48. The highest BCUT2D eigenvalue weighted by atomic mass is 35.5. The van der Waals surface area contributed by atoms with Gasteiger partial charge in [-0.05, 0) is 24.6 Å². The third kappa shape index (κ3) is 4.22. The Morgan fingerprint density at radius 2 is 2.15 bits per heavy atom. The first kappa shape index (κ1) is 21.5. The molecular formula is C16H18Cl2N4O4S. The van der Waals surface area contributed by atoms with Crippen LogP contribution in [0.2, 0.25) is 5.02 Å². The maximum absolute atomic E-state index is 13.2. The van der Waals surface area contributed by atoms with Crippen LogP contribution in [0.5, 0.6) is 0 Å². The van der Waals surface area contributed by atoms with Crippen LogP contribution in [0.4, 0.5) is 5.69 Å². The molecule has 11 heteroatoms. The summed E-state index contributed by atoms with van der Waals surface area (Å²) in [5.74, 6) is 0. The first-order valence-electron chi connectivity index (χ1n) is 7.89. The second kappa shape index (κ2) is 8.49. The maximum atomic E-state index is 13.2. The van der Waals surface area contributed by atoms with Crippen molar-refractivity contribution in [2.45, 2.75) is 17.9 Å². The van der Waals surface area contributed by atoms with Crippen molar-refractivity contribution >= 4 is 39.7 Å². The first-order chi connectivity index (χ1) is 12.3. The fourth-order valence-corrected chi connectivity index (χ4v) is 4.88. The van der Waals surface area contributed by atoms with Gasteiger partial charge in [-0.1, -0.05) is 17.7 Å². The topological polar surface area (TPSA) is 105 Å². The SMILES string of the molecule is Cc1c(Cl)cc(S(=O)(=O)N2CCNCC2c2cccnc2)cc1[N+](=O)[O-].Cl. The molecule has 1 fully saturated rings. The molecule has 1 aliphatic rings. The number of pyridine rings is 1. The Morgan fingerprint density at radius 1 is 1.41 bits per heavy atom. The standard InChI is InChI=1S/C16H17ClN4O4S.ClH/c1-11-14(17)7-13(8-15(11)21(22)23)26(24,25)20-6-5-19-10-16(20)12-3-2-4-18-9-12;/h2-4,7-9,16,19H,5-6,10H2,1H3;1H. The third-order valence-corrected chi connectivity index (χ3v) is 6.64. The van der Waals surface area contributed by atoms with Gasteiger partial charge < -0.3 is 5.32 Å². The molecule has 1 saturated heterocycles. The van der Waals surface area contributed by atoms with Gasteiger partial charge in [0, 0.05) is 43.7 Å². The molecule has 2 aromatic rings. The number of nitro benzene ring substituents is 1. The van der Waals surface area contributed by atoms with Crippen molar-refractivity contribution in [2.75, 3.05) is 19.6 Å². The van der Waals surface area contributed by atoms with Crippen molar-refractivity contribution in [3.63, 3.8) is 0 Å². The number of hydrogen-bond donors (Lipinski definition) is 1. The summed E-state index contributed by atoms with van der Waals surface area (Å²) >= 11 is 6.05. The molecule has 1 aliphatic heterocycles. The van der Waals surface area contributed by atoms with E-state index in [9.17, 15) is 18.5 Å². The van der Waals surface area contributed by atoms with Crippen LogP contribution >= 0.6 is 24.0 Å². The summed E-state index contributed by atoms with van der Waals surface area (Å²) in [6, 6.07) is 5.42. The molecule has 0 spiro atoms. The number of sulfonamides is 1. The number of nitro groups is 1. The molecule has 2 heterocycles. The minimum atomic E-state index is -3.98. The van der Waals surface area contributed by atoms with Crippen LogP contribution in [-0.2, 0) is 10.0 Å². The third-order valence-electron chi connectivity index (χ3n) is 4.36. The van der Waals surface area contributed by atoms with Gasteiger partial charge in [-0.25, -0.2) is 8.42 Å². The van der Waals surface area contributed by atoms with Crippen molar-refractivity contribution < 1.29 is 13.3 Å². The molecule has 1 aromatic carbocycles. The van der Waals surface area contributed by atoms with Crippen LogP contribution in [0, 0.1) is 17.0 Å². The lowest BCUT2D eigenvalue weighted by Gasteiger charge is -2.35. The maximum Gasteiger partial charge on any atom is 0.275 e. The van der Waals surface area contributed by atoms with E-state index in [1.807, 2.05) is 0 Å². The highest BCUT2D eigenvalue weighted by molar-refractivity contribution is 7.89. The molecule has 1 atom stereocenters. The fourth-order valence-electron chi connectivity index (χ4n) is 2.94. The average molecular weight is 433 g/mol. The largest absolute Gasteiger partial charge is 0.313 e. The van der Waals surface area contributed by atoms with Gasteiger partial charge in [0.25, 0.3) is 5.69 Å². The van der Waals surface area contributed by atoms with Crippen molar-refractivity contribution in [3.8, 4) is 0 Å². The van der Waals surface area contributed by atoms with E-state index in [4.69, 9.17) is 11.6 Å². The summed E-state index contributed by atoms with van der Waals surface area (Å²) in [6.45, 7) is 2.63. The van der Waals surface area contributed by atoms with Gasteiger partial charge in [-0.3, -0.25) is 15.1 Å². The number of piperazine rings is 1. The first-order valence-corrected chi connectivity index (χ1v) is 9.71. The summed E-state index contributed by atoms with van der Waals surface area (Å²) in [5, 5.41) is 14.5. The predicted molar refractivity (Wildman–Crippen MR) is 104 cm³/mol. The van der Waals surface area contributed by atoms with E-state index >= 15 is 0 Å². The van der Waals surface area contributed by atoms with Crippen molar-refractivity contribution in [1.82, 2.24) is 14.6 Å². The van der Waals surface area contributed by atoms with E-state index in [0.29, 0.717) is 13.1 Å². The van der Waals surface area contributed by atoms with Crippen molar-refractivity contribution in [2.24, 2.45) is 0 Å². The number of halogens is 2. The van der Waals surface area contributed by atoms with Crippen LogP contribution in [0.25, 0.3) is 0 Å². The van der Waals surface area contributed by atoms with Crippen LogP contribution < -0.4 is 5.32 Å². The molecular weight excluding hydrogens is 415 g/mol. The summed E-state index contributed by atoms with van der Waals surface area (Å²) in [7, 11) is -3.98. The van der Waals surface area contributed by atoms with Gasteiger partial charge in [0.05, 0.1) is 20.9 Å². The number of benzene rings is 1. The molecule has 0 amide bonds. The summed E-state index contributed by atoms with van der Waals surface area (Å²) in [5.41, 5.74) is 0.667. The molecule has 8 nitrogen and oxygen atoms in total. The average Bonchev–Trinajstić information content (AvgIpc) is 2.64. The zero-order valence-corrected chi connectivity index (χ0v) is 16.7.